The predicted octanol–water partition coefficient (Wildman–Crippen LogP) is 1.17. The summed E-state index contributed by atoms with van der Waals surface area (Å²) >= 11 is 0. The second-order valence-electron chi connectivity index (χ2n) is 4.46. The Kier molecular flexibility index (Phi) is 2.44. The Morgan fingerprint density at radius 3 is 3.05 bits per heavy atom. The highest BCUT2D eigenvalue weighted by atomic mass is 19.1. The van der Waals surface area contributed by atoms with E-state index in [1.165, 1.54) is 18.5 Å². The number of nitrogens with zero attached hydrogens (tertiary/aromatic N) is 4. The van der Waals surface area contributed by atoms with Gasteiger partial charge < -0.3 is 5.73 Å². The maximum atomic E-state index is 13.7. The van der Waals surface area contributed by atoms with Crippen LogP contribution in [0.2, 0.25) is 0 Å². The van der Waals surface area contributed by atoms with Crippen molar-refractivity contribution >= 4 is 6.20 Å². The summed E-state index contributed by atoms with van der Waals surface area (Å²) in [4.78, 5) is 4.11. The largest absolute Gasteiger partial charge is 0.318 e. The lowest BCUT2D eigenvalue weighted by Crippen LogP contribution is -2.39. The minimum Gasteiger partial charge on any atom is -0.318 e. The molecular weight excluding hydrogens is 245 g/mol. The monoisotopic (exact) mass is 255 g/mol. The Labute approximate surface area is 108 Å². The summed E-state index contributed by atoms with van der Waals surface area (Å²) in [6.45, 7) is 0. The topological polar surface area (TPSA) is 80.5 Å². The van der Waals surface area contributed by atoms with Gasteiger partial charge in [-0.25, -0.2) is 14.1 Å². The van der Waals surface area contributed by atoms with E-state index in [4.69, 9.17) is 11.0 Å². The highest BCUT2D eigenvalue weighted by Crippen LogP contribution is 2.28. The van der Waals surface area contributed by atoms with Crippen LogP contribution in [0.15, 0.2) is 30.6 Å². The van der Waals surface area contributed by atoms with Crippen LogP contribution in [0.25, 0.3) is 6.20 Å². The van der Waals surface area contributed by atoms with Gasteiger partial charge >= 0.3 is 0 Å². The molecule has 0 spiro atoms. The third-order valence-corrected chi connectivity index (χ3v) is 3.24. The molecule has 0 bridgehead atoms. The average molecular weight is 255 g/mol. The first-order valence-electron chi connectivity index (χ1n) is 5.69. The van der Waals surface area contributed by atoms with Gasteiger partial charge in [-0.15, -0.1) is 0 Å². The van der Waals surface area contributed by atoms with E-state index in [1.807, 2.05) is 0 Å². The highest BCUT2D eigenvalue weighted by Gasteiger charge is 2.30. The molecule has 0 saturated carbocycles. The lowest BCUT2D eigenvalue weighted by atomic mass is 9.85. The lowest BCUT2D eigenvalue weighted by Gasteiger charge is -2.28. The number of rotatable bonds is 1. The Balaban J connectivity index is 2.03. The smallest absolute Gasteiger partial charge is 0.141 e. The van der Waals surface area contributed by atoms with Crippen molar-refractivity contribution in [2.45, 2.75) is 12.0 Å². The van der Waals surface area contributed by atoms with Crippen molar-refractivity contribution < 1.29 is 4.39 Å². The van der Waals surface area contributed by atoms with Gasteiger partial charge in [-0.05, 0) is 23.8 Å². The van der Waals surface area contributed by atoms with E-state index < -0.39 is 11.4 Å². The van der Waals surface area contributed by atoms with Gasteiger partial charge in [0.15, 0.2) is 0 Å². The molecule has 1 aromatic heterocycles. The molecule has 2 aromatic rings. The predicted molar refractivity (Wildman–Crippen MR) is 66.0 cm³/mol. The van der Waals surface area contributed by atoms with Crippen LogP contribution in [0.4, 0.5) is 4.39 Å². The first-order valence-corrected chi connectivity index (χ1v) is 5.69. The molecule has 6 heteroatoms. The minimum absolute atomic E-state index is 0.00954. The fourth-order valence-electron chi connectivity index (χ4n) is 2.14. The Morgan fingerprint density at radius 1 is 1.47 bits per heavy atom. The zero-order valence-corrected chi connectivity index (χ0v) is 9.92. The third kappa shape index (κ3) is 1.80. The molecule has 3 rings (SSSR count). The van der Waals surface area contributed by atoms with Crippen molar-refractivity contribution in [1.29, 1.82) is 5.26 Å². The van der Waals surface area contributed by atoms with Crippen molar-refractivity contribution in [2.75, 3.05) is 0 Å². The zero-order valence-electron chi connectivity index (χ0n) is 9.92. The maximum absolute atomic E-state index is 13.7. The molecule has 1 aliphatic heterocycles. The van der Waals surface area contributed by atoms with Gasteiger partial charge in [-0.3, -0.25) is 0 Å². The molecule has 0 aliphatic carbocycles. The fraction of sp³-hybridized carbons (Fsp3) is 0.154. The number of hydrogen-bond acceptors (Lipinski definition) is 4. The van der Waals surface area contributed by atoms with Crippen LogP contribution in [0.3, 0.4) is 0 Å². The van der Waals surface area contributed by atoms with E-state index in [0.29, 0.717) is 12.0 Å². The summed E-state index contributed by atoms with van der Waals surface area (Å²) in [7, 11) is 0. The molecule has 1 aromatic carbocycles. The number of aromatic nitrogens is 3. The molecule has 0 radical (unpaired) electrons. The van der Waals surface area contributed by atoms with E-state index >= 15 is 0 Å². The number of hydrogen-bond donors (Lipinski definition) is 1. The SMILES string of the molecule is N#Cc1ccc(C2(N)C=Cn3ncnc3C2)cc1F. The second-order valence-corrected chi connectivity index (χ2v) is 4.46. The van der Waals surface area contributed by atoms with E-state index in [2.05, 4.69) is 10.1 Å². The summed E-state index contributed by atoms with van der Waals surface area (Å²) in [6.07, 6.45) is 5.34. The summed E-state index contributed by atoms with van der Waals surface area (Å²) in [5.74, 6) is 0.153. The molecule has 2 heterocycles. The lowest BCUT2D eigenvalue weighted by molar-refractivity contribution is 0.513. The molecule has 0 amide bonds. The van der Waals surface area contributed by atoms with Crippen LogP contribution in [-0.4, -0.2) is 14.8 Å². The van der Waals surface area contributed by atoms with E-state index in [0.717, 1.165) is 5.82 Å². The average Bonchev–Trinajstić information content (AvgIpc) is 2.85. The van der Waals surface area contributed by atoms with Crippen LogP contribution >= 0.6 is 0 Å². The molecule has 19 heavy (non-hydrogen) atoms. The van der Waals surface area contributed by atoms with Crippen LogP contribution in [-0.2, 0) is 12.0 Å². The summed E-state index contributed by atoms with van der Waals surface area (Å²) < 4.78 is 15.3. The third-order valence-electron chi connectivity index (χ3n) is 3.24. The van der Waals surface area contributed by atoms with Gasteiger partial charge in [-0.1, -0.05) is 6.07 Å². The number of nitriles is 1. The fourth-order valence-corrected chi connectivity index (χ4v) is 2.14. The van der Waals surface area contributed by atoms with Crippen LogP contribution in [0, 0.1) is 17.1 Å². The molecule has 5 nitrogen and oxygen atoms in total. The summed E-state index contributed by atoms with van der Waals surface area (Å²) in [6, 6.07) is 6.19. The Morgan fingerprint density at radius 2 is 2.32 bits per heavy atom. The highest BCUT2D eigenvalue weighted by molar-refractivity contribution is 5.43. The molecule has 0 fully saturated rings. The van der Waals surface area contributed by atoms with Gasteiger partial charge in [0, 0.05) is 12.6 Å². The first-order chi connectivity index (χ1) is 9.12. The first kappa shape index (κ1) is 11.6. The number of benzene rings is 1. The number of nitrogens with two attached hydrogens (primary N) is 1. The van der Waals surface area contributed by atoms with Crippen molar-refractivity contribution in [2.24, 2.45) is 5.73 Å². The standard InChI is InChI=1S/C13H10FN5/c14-11-5-10(2-1-9(11)7-15)13(16)3-4-19-12(6-13)17-8-18-19/h1-5,8H,6,16H2. The van der Waals surface area contributed by atoms with Crippen molar-refractivity contribution in [3.8, 4) is 6.07 Å². The maximum Gasteiger partial charge on any atom is 0.141 e. The Hall–Kier alpha value is -2.52. The van der Waals surface area contributed by atoms with Gasteiger partial charge in [0.1, 0.15) is 24.0 Å². The minimum atomic E-state index is -0.835. The van der Waals surface area contributed by atoms with E-state index in [9.17, 15) is 4.39 Å². The molecule has 94 valence electrons. The molecule has 2 N–H and O–H groups in total. The number of fused-ring (bicyclic) bond motifs is 1. The molecular formula is C13H10FN5. The van der Waals surface area contributed by atoms with Crippen LogP contribution in [0.1, 0.15) is 17.0 Å². The van der Waals surface area contributed by atoms with Crippen molar-refractivity contribution in [3.63, 3.8) is 0 Å². The van der Waals surface area contributed by atoms with E-state index in [1.54, 1.807) is 29.1 Å². The Bertz CT molecular complexity index is 712. The van der Waals surface area contributed by atoms with Gasteiger partial charge in [0.05, 0.1) is 11.1 Å². The van der Waals surface area contributed by atoms with Crippen LogP contribution in [0.5, 0.6) is 0 Å². The second kappa shape index (κ2) is 4.00. The molecule has 0 saturated heterocycles. The van der Waals surface area contributed by atoms with Gasteiger partial charge in [0.2, 0.25) is 0 Å². The van der Waals surface area contributed by atoms with E-state index in [-0.39, 0.29) is 5.56 Å². The zero-order chi connectivity index (χ0) is 13.5. The molecule has 1 atom stereocenters. The number of halogens is 1. The summed E-state index contributed by atoms with van der Waals surface area (Å²) in [5, 5.41) is 12.7. The van der Waals surface area contributed by atoms with Crippen LogP contribution < -0.4 is 5.73 Å². The summed E-state index contributed by atoms with van der Waals surface area (Å²) in [5.41, 5.74) is 6.08. The molecule has 1 unspecified atom stereocenters. The van der Waals surface area contributed by atoms with Gasteiger partial charge in [-0.2, -0.15) is 10.4 Å². The normalized spacial score (nSPS) is 20.9. The molecule has 1 aliphatic rings. The van der Waals surface area contributed by atoms with Crippen molar-refractivity contribution in [1.82, 2.24) is 14.8 Å². The van der Waals surface area contributed by atoms with Gasteiger partial charge in [0.25, 0.3) is 0 Å². The van der Waals surface area contributed by atoms with Crippen molar-refractivity contribution in [3.05, 3.63) is 53.4 Å². The quantitative estimate of drug-likeness (QED) is 0.829.